The van der Waals surface area contributed by atoms with Gasteiger partial charge in [0.25, 0.3) is 11.8 Å². The van der Waals surface area contributed by atoms with Gasteiger partial charge in [-0.25, -0.2) is 9.97 Å². The maximum absolute atomic E-state index is 13.0. The number of amides is 2. The molecule has 172 valence electrons. The van der Waals surface area contributed by atoms with Crippen molar-refractivity contribution in [3.8, 4) is 10.6 Å². The fourth-order valence-electron chi connectivity index (χ4n) is 4.57. The van der Waals surface area contributed by atoms with Gasteiger partial charge < -0.3 is 15.1 Å². The standard InChI is InChI=1S/C25H23N5O2S2/c31-24(17-6-7-20-21(12-17)34-22(28-20)16-4-2-1-3-5-16)30-14-19(15-30)27-18-8-10-29(13-18)25(32)23-26-9-11-33-23/h1-7,9,11-12,18-19,27H,8,10,13-15H2/t18-/m0/s1. The van der Waals surface area contributed by atoms with Gasteiger partial charge in [-0.2, -0.15) is 0 Å². The van der Waals surface area contributed by atoms with Gasteiger partial charge >= 0.3 is 0 Å². The van der Waals surface area contributed by atoms with Crippen molar-refractivity contribution in [3.63, 3.8) is 0 Å². The Bertz CT molecular complexity index is 1330. The number of rotatable bonds is 5. The Morgan fingerprint density at radius 3 is 2.59 bits per heavy atom. The van der Waals surface area contributed by atoms with Crippen LogP contribution >= 0.6 is 22.7 Å². The Morgan fingerprint density at radius 1 is 0.971 bits per heavy atom. The highest BCUT2D eigenvalue weighted by molar-refractivity contribution is 7.21. The molecule has 9 heteroatoms. The summed E-state index contributed by atoms with van der Waals surface area (Å²) in [6, 6.07) is 16.4. The zero-order valence-corrected chi connectivity index (χ0v) is 20.0. The molecular weight excluding hydrogens is 466 g/mol. The molecule has 2 aliphatic heterocycles. The molecule has 0 unspecified atom stereocenters. The predicted molar refractivity (Wildman–Crippen MR) is 134 cm³/mol. The summed E-state index contributed by atoms with van der Waals surface area (Å²) in [5.41, 5.74) is 2.71. The van der Waals surface area contributed by atoms with Crippen molar-refractivity contribution in [2.75, 3.05) is 26.2 Å². The van der Waals surface area contributed by atoms with Crippen LogP contribution in [0.25, 0.3) is 20.8 Å². The third kappa shape index (κ3) is 4.11. The summed E-state index contributed by atoms with van der Waals surface area (Å²) >= 11 is 2.99. The Kier molecular flexibility index (Phi) is 5.60. The fourth-order valence-corrected chi connectivity index (χ4v) is 6.19. The van der Waals surface area contributed by atoms with E-state index in [-0.39, 0.29) is 23.9 Å². The molecule has 4 aromatic rings. The highest BCUT2D eigenvalue weighted by Crippen LogP contribution is 2.31. The molecule has 0 aliphatic carbocycles. The van der Waals surface area contributed by atoms with Crippen LogP contribution in [-0.2, 0) is 0 Å². The van der Waals surface area contributed by atoms with Gasteiger partial charge in [-0.15, -0.1) is 22.7 Å². The number of carbonyl (C=O) groups excluding carboxylic acids is 2. The summed E-state index contributed by atoms with van der Waals surface area (Å²) < 4.78 is 1.02. The number of nitrogens with one attached hydrogen (secondary N) is 1. The Hall–Kier alpha value is -3.14. The molecule has 6 rings (SSSR count). The quantitative estimate of drug-likeness (QED) is 0.462. The average molecular weight is 490 g/mol. The van der Waals surface area contributed by atoms with Crippen LogP contribution in [0.3, 0.4) is 0 Å². The molecular formula is C25H23N5O2S2. The van der Waals surface area contributed by atoms with Gasteiger partial charge in [0.15, 0.2) is 5.01 Å². The highest BCUT2D eigenvalue weighted by atomic mass is 32.1. The number of carbonyl (C=O) groups is 2. The maximum atomic E-state index is 13.0. The minimum Gasteiger partial charge on any atom is -0.335 e. The van der Waals surface area contributed by atoms with Gasteiger partial charge in [0.1, 0.15) is 5.01 Å². The van der Waals surface area contributed by atoms with Gasteiger partial charge in [-0.3, -0.25) is 9.59 Å². The van der Waals surface area contributed by atoms with E-state index in [1.165, 1.54) is 11.3 Å². The van der Waals surface area contributed by atoms with E-state index >= 15 is 0 Å². The molecule has 1 N–H and O–H groups in total. The predicted octanol–water partition coefficient (Wildman–Crippen LogP) is 3.75. The van der Waals surface area contributed by atoms with Crippen LogP contribution in [0.5, 0.6) is 0 Å². The van der Waals surface area contributed by atoms with E-state index in [4.69, 9.17) is 4.98 Å². The van der Waals surface area contributed by atoms with Crippen molar-refractivity contribution in [1.29, 1.82) is 0 Å². The highest BCUT2D eigenvalue weighted by Gasteiger charge is 2.35. The van der Waals surface area contributed by atoms with E-state index in [9.17, 15) is 9.59 Å². The molecule has 2 fully saturated rings. The number of fused-ring (bicyclic) bond motifs is 1. The second-order valence-corrected chi connectivity index (χ2v) is 10.6. The zero-order chi connectivity index (χ0) is 23.1. The van der Waals surface area contributed by atoms with Gasteiger partial charge in [0.05, 0.1) is 10.2 Å². The first-order valence-corrected chi connectivity index (χ1v) is 13.0. The van der Waals surface area contributed by atoms with Gasteiger partial charge in [0.2, 0.25) is 0 Å². The normalized spacial score (nSPS) is 18.4. The molecule has 0 spiro atoms. The molecule has 2 aromatic carbocycles. The van der Waals surface area contributed by atoms with Crippen molar-refractivity contribution in [2.45, 2.75) is 18.5 Å². The summed E-state index contributed by atoms with van der Waals surface area (Å²) in [7, 11) is 0. The summed E-state index contributed by atoms with van der Waals surface area (Å²) in [6.07, 6.45) is 2.59. The second kappa shape index (κ2) is 8.90. The molecule has 2 aliphatic rings. The second-order valence-electron chi connectivity index (χ2n) is 8.72. The lowest BCUT2D eigenvalue weighted by Gasteiger charge is -2.41. The largest absolute Gasteiger partial charge is 0.335 e. The Labute approximate surface area is 205 Å². The number of nitrogens with zero attached hydrogens (tertiary/aromatic N) is 4. The monoisotopic (exact) mass is 489 g/mol. The van der Waals surface area contributed by atoms with Crippen LogP contribution in [0.1, 0.15) is 26.6 Å². The number of hydrogen-bond acceptors (Lipinski definition) is 7. The average Bonchev–Trinajstić information content (AvgIpc) is 3.61. The number of thiazole rings is 2. The summed E-state index contributed by atoms with van der Waals surface area (Å²) in [4.78, 5) is 38.1. The number of likely N-dealkylation sites (tertiary alicyclic amines) is 2. The lowest BCUT2D eigenvalue weighted by Crippen LogP contribution is -2.62. The number of hydrogen-bond donors (Lipinski definition) is 1. The maximum Gasteiger partial charge on any atom is 0.282 e. The van der Waals surface area contributed by atoms with E-state index in [2.05, 4.69) is 22.4 Å². The van der Waals surface area contributed by atoms with Crippen LogP contribution in [0.2, 0.25) is 0 Å². The van der Waals surface area contributed by atoms with Crippen molar-refractivity contribution < 1.29 is 9.59 Å². The molecule has 2 saturated heterocycles. The van der Waals surface area contributed by atoms with E-state index < -0.39 is 0 Å². The third-order valence-electron chi connectivity index (χ3n) is 6.39. The molecule has 34 heavy (non-hydrogen) atoms. The summed E-state index contributed by atoms with van der Waals surface area (Å²) in [5.74, 6) is 0.0696. The lowest BCUT2D eigenvalue weighted by atomic mass is 10.0. The topological polar surface area (TPSA) is 78.4 Å². The Balaban J connectivity index is 1.04. The zero-order valence-electron chi connectivity index (χ0n) is 18.4. The first-order chi connectivity index (χ1) is 16.6. The smallest absolute Gasteiger partial charge is 0.282 e. The Morgan fingerprint density at radius 2 is 1.79 bits per heavy atom. The molecule has 1 atom stereocenters. The van der Waals surface area contributed by atoms with Crippen molar-refractivity contribution in [3.05, 3.63) is 70.7 Å². The molecule has 0 radical (unpaired) electrons. The summed E-state index contributed by atoms with van der Waals surface area (Å²) in [5, 5.41) is 6.96. The van der Waals surface area contributed by atoms with Gasteiger partial charge in [0, 0.05) is 61.0 Å². The third-order valence-corrected chi connectivity index (χ3v) is 8.22. The van der Waals surface area contributed by atoms with E-state index in [1.807, 2.05) is 51.6 Å². The molecule has 4 heterocycles. The van der Waals surface area contributed by atoms with Crippen LogP contribution in [0, 0.1) is 0 Å². The SMILES string of the molecule is O=C(c1ccc2nc(-c3ccccc3)sc2c1)N1CC(N[C@H]2CCN(C(=O)c3nccs3)C2)C1. The molecule has 0 bridgehead atoms. The van der Waals surface area contributed by atoms with E-state index in [0.717, 1.165) is 33.8 Å². The van der Waals surface area contributed by atoms with Crippen LogP contribution in [0.4, 0.5) is 0 Å². The van der Waals surface area contributed by atoms with Crippen LogP contribution in [-0.4, -0.2) is 69.8 Å². The fraction of sp³-hybridized carbons (Fsp3) is 0.280. The lowest BCUT2D eigenvalue weighted by molar-refractivity contribution is 0.0553. The van der Waals surface area contributed by atoms with E-state index in [0.29, 0.717) is 30.2 Å². The van der Waals surface area contributed by atoms with Crippen molar-refractivity contribution in [1.82, 2.24) is 25.1 Å². The minimum atomic E-state index is 0.0126. The van der Waals surface area contributed by atoms with E-state index in [1.54, 1.807) is 17.5 Å². The molecule has 2 aromatic heterocycles. The summed E-state index contributed by atoms with van der Waals surface area (Å²) in [6.45, 7) is 2.80. The van der Waals surface area contributed by atoms with Crippen LogP contribution < -0.4 is 5.32 Å². The first-order valence-electron chi connectivity index (χ1n) is 11.3. The number of aromatic nitrogens is 2. The van der Waals surface area contributed by atoms with Crippen molar-refractivity contribution >= 4 is 44.7 Å². The van der Waals surface area contributed by atoms with Crippen LogP contribution in [0.15, 0.2) is 60.1 Å². The van der Waals surface area contributed by atoms with Crippen molar-refractivity contribution in [2.24, 2.45) is 0 Å². The minimum absolute atomic E-state index is 0.0126. The molecule has 7 nitrogen and oxygen atoms in total. The number of benzene rings is 2. The first kappa shape index (κ1) is 21.4. The molecule has 2 amide bonds. The molecule has 0 saturated carbocycles. The van der Waals surface area contributed by atoms with Gasteiger partial charge in [-0.05, 0) is 24.6 Å². The van der Waals surface area contributed by atoms with Gasteiger partial charge in [-0.1, -0.05) is 30.3 Å².